The summed E-state index contributed by atoms with van der Waals surface area (Å²) in [6.07, 6.45) is 3.11. The van der Waals surface area contributed by atoms with E-state index in [0.717, 1.165) is 52.2 Å². The molecule has 2 fully saturated rings. The summed E-state index contributed by atoms with van der Waals surface area (Å²) in [5.74, 6) is 0.247. The van der Waals surface area contributed by atoms with E-state index in [1.807, 2.05) is 23.6 Å². The molecule has 0 saturated carbocycles. The fraction of sp³-hybridized carbons (Fsp3) is 0.778. The average molecular weight is 349 g/mol. The minimum Gasteiger partial charge on any atom is -0.378 e. The lowest BCUT2D eigenvalue weighted by Crippen LogP contribution is -2.55. The number of aromatic nitrogens is 2. The Morgan fingerprint density at radius 1 is 1.20 bits per heavy atom. The van der Waals surface area contributed by atoms with E-state index >= 15 is 0 Å². The largest absolute Gasteiger partial charge is 0.378 e. The SMILES string of the molecule is CCc1nn(C)cc1CN1CCN(C(C)C(=O)N2CCOCC2)CC1. The van der Waals surface area contributed by atoms with E-state index in [1.165, 1.54) is 11.3 Å². The van der Waals surface area contributed by atoms with Gasteiger partial charge in [-0.15, -0.1) is 0 Å². The molecule has 7 nitrogen and oxygen atoms in total. The van der Waals surface area contributed by atoms with Crippen molar-refractivity contribution in [2.24, 2.45) is 7.05 Å². The molecule has 0 N–H and O–H groups in total. The van der Waals surface area contributed by atoms with Crippen LogP contribution in [0.2, 0.25) is 0 Å². The number of amides is 1. The number of nitrogens with zero attached hydrogens (tertiary/aromatic N) is 5. The molecule has 1 aromatic rings. The molecule has 0 spiro atoms. The van der Waals surface area contributed by atoms with Crippen molar-refractivity contribution in [3.8, 4) is 0 Å². The molecule has 2 aliphatic heterocycles. The molecule has 3 heterocycles. The van der Waals surface area contributed by atoms with E-state index in [-0.39, 0.29) is 11.9 Å². The van der Waals surface area contributed by atoms with Gasteiger partial charge in [0.05, 0.1) is 24.9 Å². The summed E-state index contributed by atoms with van der Waals surface area (Å²) in [6.45, 7) is 11.8. The van der Waals surface area contributed by atoms with Gasteiger partial charge in [-0.1, -0.05) is 6.92 Å². The third kappa shape index (κ3) is 4.40. The zero-order chi connectivity index (χ0) is 17.8. The second kappa shape index (κ2) is 8.29. The van der Waals surface area contributed by atoms with Crippen LogP contribution < -0.4 is 0 Å². The van der Waals surface area contributed by atoms with E-state index in [9.17, 15) is 4.79 Å². The van der Waals surface area contributed by atoms with Crippen LogP contribution in [0.3, 0.4) is 0 Å². The molecule has 1 amide bonds. The van der Waals surface area contributed by atoms with Crippen LogP contribution in [-0.2, 0) is 29.5 Å². The monoisotopic (exact) mass is 349 g/mol. The normalized spacial score (nSPS) is 21.5. The summed E-state index contributed by atoms with van der Waals surface area (Å²) in [5, 5.41) is 4.53. The maximum Gasteiger partial charge on any atom is 0.239 e. The van der Waals surface area contributed by atoms with Gasteiger partial charge in [-0.05, 0) is 13.3 Å². The second-order valence-electron chi connectivity index (χ2n) is 7.05. The molecule has 0 aromatic carbocycles. The first-order chi connectivity index (χ1) is 12.1. The quantitative estimate of drug-likeness (QED) is 0.768. The Labute approximate surface area is 150 Å². The number of carbonyl (C=O) groups is 1. The second-order valence-corrected chi connectivity index (χ2v) is 7.05. The highest BCUT2D eigenvalue weighted by molar-refractivity contribution is 5.81. The minimum absolute atomic E-state index is 0.0372. The van der Waals surface area contributed by atoms with Crippen molar-refractivity contribution >= 4 is 5.91 Å². The van der Waals surface area contributed by atoms with Crippen LogP contribution in [0.4, 0.5) is 0 Å². The zero-order valence-corrected chi connectivity index (χ0v) is 15.8. The number of hydrogen-bond acceptors (Lipinski definition) is 5. The highest BCUT2D eigenvalue weighted by Crippen LogP contribution is 2.15. The van der Waals surface area contributed by atoms with Gasteiger partial charge in [-0.3, -0.25) is 19.3 Å². The number of morpholine rings is 1. The highest BCUT2D eigenvalue weighted by Gasteiger charge is 2.29. The first-order valence-corrected chi connectivity index (χ1v) is 9.42. The lowest BCUT2D eigenvalue weighted by Gasteiger charge is -2.39. The summed E-state index contributed by atoms with van der Waals surface area (Å²) in [5.41, 5.74) is 2.52. The lowest BCUT2D eigenvalue weighted by molar-refractivity contribution is -0.141. The number of rotatable bonds is 5. The first kappa shape index (κ1) is 18.4. The van der Waals surface area contributed by atoms with Gasteiger partial charge in [0.25, 0.3) is 0 Å². The molecule has 2 saturated heterocycles. The highest BCUT2D eigenvalue weighted by atomic mass is 16.5. The van der Waals surface area contributed by atoms with Gasteiger partial charge in [-0.25, -0.2) is 0 Å². The van der Waals surface area contributed by atoms with Gasteiger partial charge in [0.15, 0.2) is 0 Å². The summed E-state index contributed by atoms with van der Waals surface area (Å²) < 4.78 is 7.26. The molecular weight excluding hydrogens is 318 g/mol. The molecule has 2 aliphatic rings. The number of ether oxygens (including phenoxy) is 1. The van der Waals surface area contributed by atoms with Crippen molar-refractivity contribution in [3.63, 3.8) is 0 Å². The molecule has 25 heavy (non-hydrogen) atoms. The van der Waals surface area contributed by atoms with Crippen LogP contribution >= 0.6 is 0 Å². The predicted molar refractivity (Wildman–Crippen MR) is 96.3 cm³/mol. The molecule has 1 unspecified atom stereocenters. The zero-order valence-electron chi connectivity index (χ0n) is 15.8. The number of piperazine rings is 1. The van der Waals surface area contributed by atoms with Gasteiger partial charge < -0.3 is 9.64 Å². The summed E-state index contributed by atoms with van der Waals surface area (Å²) in [7, 11) is 1.99. The van der Waals surface area contributed by atoms with Crippen molar-refractivity contribution in [1.82, 2.24) is 24.5 Å². The molecule has 1 aromatic heterocycles. The Balaban J connectivity index is 1.50. The summed E-state index contributed by atoms with van der Waals surface area (Å²) in [4.78, 5) is 19.4. The first-order valence-electron chi connectivity index (χ1n) is 9.42. The Kier molecular flexibility index (Phi) is 6.09. The molecule has 7 heteroatoms. The molecular formula is C18H31N5O2. The topological polar surface area (TPSA) is 53.8 Å². The summed E-state index contributed by atoms with van der Waals surface area (Å²) >= 11 is 0. The number of carbonyl (C=O) groups excluding carboxylic acids is 1. The van der Waals surface area contributed by atoms with E-state index < -0.39 is 0 Å². The summed E-state index contributed by atoms with van der Waals surface area (Å²) in [6, 6.07) is -0.0372. The van der Waals surface area contributed by atoms with Crippen LogP contribution in [-0.4, -0.2) is 88.9 Å². The molecule has 140 valence electrons. The van der Waals surface area contributed by atoms with Crippen molar-refractivity contribution in [1.29, 1.82) is 0 Å². The maximum atomic E-state index is 12.7. The molecule has 0 radical (unpaired) electrons. The Bertz CT molecular complexity index is 574. The van der Waals surface area contributed by atoms with E-state index in [4.69, 9.17) is 4.74 Å². The van der Waals surface area contributed by atoms with Crippen molar-refractivity contribution in [3.05, 3.63) is 17.5 Å². The number of hydrogen-bond donors (Lipinski definition) is 0. The van der Waals surface area contributed by atoms with Crippen LogP contribution in [0.1, 0.15) is 25.1 Å². The van der Waals surface area contributed by atoms with Crippen LogP contribution in [0, 0.1) is 0 Å². The van der Waals surface area contributed by atoms with Gasteiger partial charge >= 0.3 is 0 Å². The smallest absolute Gasteiger partial charge is 0.239 e. The fourth-order valence-corrected chi connectivity index (χ4v) is 3.77. The fourth-order valence-electron chi connectivity index (χ4n) is 3.77. The van der Waals surface area contributed by atoms with E-state index in [0.29, 0.717) is 13.2 Å². The van der Waals surface area contributed by atoms with Gasteiger partial charge in [0.1, 0.15) is 0 Å². The van der Waals surface area contributed by atoms with Crippen LogP contribution in [0.5, 0.6) is 0 Å². The maximum absolute atomic E-state index is 12.7. The van der Waals surface area contributed by atoms with Crippen molar-refractivity contribution in [2.45, 2.75) is 32.9 Å². The Morgan fingerprint density at radius 2 is 1.88 bits per heavy atom. The van der Waals surface area contributed by atoms with Crippen molar-refractivity contribution in [2.75, 3.05) is 52.5 Å². The third-order valence-corrected chi connectivity index (χ3v) is 5.36. The molecule has 0 bridgehead atoms. The standard InChI is InChI=1S/C18H31N5O2/c1-4-17-16(13-20(3)19-17)14-21-5-7-22(8-6-21)15(2)18(24)23-9-11-25-12-10-23/h13,15H,4-12,14H2,1-3H3. The number of aryl methyl sites for hydroxylation is 2. The van der Waals surface area contributed by atoms with Gasteiger partial charge in [0, 0.05) is 64.6 Å². The lowest BCUT2D eigenvalue weighted by atomic mass is 10.1. The molecule has 0 aliphatic carbocycles. The van der Waals surface area contributed by atoms with Crippen molar-refractivity contribution < 1.29 is 9.53 Å². The average Bonchev–Trinajstić information content (AvgIpc) is 3.01. The molecule has 1 atom stereocenters. The van der Waals surface area contributed by atoms with Crippen LogP contribution in [0.25, 0.3) is 0 Å². The van der Waals surface area contributed by atoms with E-state index in [1.54, 1.807) is 0 Å². The minimum atomic E-state index is -0.0372. The Hall–Kier alpha value is -1.44. The van der Waals surface area contributed by atoms with Crippen LogP contribution in [0.15, 0.2) is 6.20 Å². The van der Waals surface area contributed by atoms with Gasteiger partial charge in [-0.2, -0.15) is 5.10 Å². The van der Waals surface area contributed by atoms with E-state index in [2.05, 4.69) is 28.0 Å². The third-order valence-electron chi connectivity index (χ3n) is 5.36. The predicted octanol–water partition coefficient (Wildman–Crippen LogP) is 0.347. The molecule has 3 rings (SSSR count). The Morgan fingerprint density at radius 3 is 2.52 bits per heavy atom. The van der Waals surface area contributed by atoms with Gasteiger partial charge in [0.2, 0.25) is 5.91 Å².